The van der Waals surface area contributed by atoms with Crippen molar-refractivity contribution in [1.82, 2.24) is 10.6 Å². The molecule has 0 aromatic heterocycles. The van der Waals surface area contributed by atoms with Crippen molar-refractivity contribution in [3.05, 3.63) is 101 Å². The molecule has 0 heterocycles. The predicted molar refractivity (Wildman–Crippen MR) is 146 cm³/mol. The van der Waals surface area contributed by atoms with Crippen molar-refractivity contribution in [2.45, 2.75) is 57.7 Å². The Labute approximate surface area is 222 Å². The molecule has 38 heavy (non-hydrogen) atoms. The fourth-order valence-corrected chi connectivity index (χ4v) is 4.12. The second kappa shape index (κ2) is 15.0. The van der Waals surface area contributed by atoms with E-state index in [0.29, 0.717) is 6.54 Å². The molecule has 1 aliphatic rings. The first kappa shape index (κ1) is 28.2. The van der Waals surface area contributed by atoms with Gasteiger partial charge < -0.3 is 15.4 Å². The van der Waals surface area contributed by atoms with Gasteiger partial charge >= 0.3 is 12.0 Å². The van der Waals surface area contributed by atoms with E-state index in [1.165, 1.54) is 6.92 Å². The lowest BCUT2D eigenvalue weighted by molar-refractivity contribution is -0.120. The van der Waals surface area contributed by atoms with Gasteiger partial charge in [-0.05, 0) is 47.9 Å². The van der Waals surface area contributed by atoms with Crippen molar-refractivity contribution in [2.24, 2.45) is 5.18 Å². The number of hydrogen-bond donors (Lipinski definition) is 2. The van der Waals surface area contributed by atoms with Crippen LogP contribution in [0.25, 0.3) is 11.1 Å². The van der Waals surface area contributed by atoms with Gasteiger partial charge in [-0.2, -0.15) is 0 Å². The monoisotopic (exact) mass is 515 g/mol. The summed E-state index contributed by atoms with van der Waals surface area (Å²) in [6, 6.07) is 26.3. The van der Waals surface area contributed by atoms with Gasteiger partial charge in [0.1, 0.15) is 12.1 Å². The summed E-state index contributed by atoms with van der Waals surface area (Å²) in [6.45, 7) is 2.14. The summed E-state index contributed by atoms with van der Waals surface area (Å²) in [5.74, 6) is -0.903. The molecule has 1 saturated carbocycles. The second-order valence-electron chi connectivity index (χ2n) is 9.10. The van der Waals surface area contributed by atoms with Crippen molar-refractivity contribution in [3.63, 3.8) is 0 Å². The Morgan fingerprint density at radius 3 is 2.00 bits per heavy atom. The van der Waals surface area contributed by atoms with Crippen LogP contribution < -0.4 is 10.6 Å². The summed E-state index contributed by atoms with van der Waals surface area (Å²) in [5, 5.41) is 7.68. The number of carbonyl (C=O) groups excluding carboxylic acids is 3. The molecule has 198 valence electrons. The SMILES string of the molecule is CC(=O)NCc1ccccc1.O=NC(=O)C(Cc1ccc(-c2ccccc2)cc1)NC(=O)OC1CCCC1. The van der Waals surface area contributed by atoms with Crippen molar-refractivity contribution in [1.29, 1.82) is 0 Å². The van der Waals surface area contributed by atoms with Gasteiger partial charge in [0.15, 0.2) is 0 Å². The highest BCUT2D eigenvalue weighted by Crippen LogP contribution is 2.22. The predicted octanol–water partition coefficient (Wildman–Crippen LogP) is 5.55. The number of alkyl carbamates (subject to hydrolysis) is 1. The highest BCUT2D eigenvalue weighted by atomic mass is 16.6. The quantitative estimate of drug-likeness (QED) is 0.382. The fourth-order valence-electron chi connectivity index (χ4n) is 4.12. The van der Waals surface area contributed by atoms with Crippen molar-refractivity contribution in [2.75, 3.05) is 0 Å². The summed E-state index contributed by atoms with van der Waals surface area (Å²) < 4.78 is 5.31. The number of nitrogens with one attached hydrogen (secondary N) is 2. The van der Waals surface area contributed by atoms with Gasteiger partial charge in [-0.3, -0.25) is 9.59 Å². The summed E-state index contributed by atoms with van der Waals surface area (Å²) in [7, 11) is 0. The largest absolute Gasteiger partial charge is 0.446 e. The minimum absolute atomic E-state index is 0.00820. The molecule has 0 bridgehead atoms. The normalized spacial score (nSPS) is 13.4. The lowest BCUT2D eigenvalue weighted by atomic mass is 10.0. The van der Waals surface area contributed by atoms with Gasteiger partial charge in [0.05, 0.1) is 0 Å². The molecule has 3 aromatic rings. The molecule has 1 unspecified atom stereocenters. The summed E-state index contributed by atoms with van der Waals surface area (Å²) in [4.78, 5) is 45.1. The zero-order valence-electron chi connectivity index (χ0n) is 21.5. The molecule has 1 fully saturated rings. The molecule has 0 spiro atoms. The van der Waals surface area contributed by atoms with Crippen LogP contribution in [0.1, 0.15) is 43.7 Å². The maximum Gasteiger partial charge on any atom is 0.408 e. The van der Waals surface area contributed by atoms with E-state index in [9.17, 15) is 19.3 Å². The number of rotatable bonds is 8. The average molecular weight is 516 g/mol. The first-order valence-corrected chi connectivity index (χ1v) is 12.7. The highest BCUT2D eigenvalue weighted by Gasteiger charge is 2.25. The van der Waals surface area contributed by atoms with Gasteiger partial charge in [0.2, 0.25) is 5.91 Å². The van der Waals surface area contributed by atoms with Crippen molar-refractivity contribution in [3.8, 4) is 11.1 Å². The molecular formula is C30H33N3O5. The number of benzene rings is 3. The maximum absolute atomic E-state index is 12.0. The fraction of sp³-hybridized carbons (Fsp3) is 0.300. The molecule has 8 nitrogen and oxygen atoms in total. The number of ether oxygens (including phenoxy) is 1. The third-order valence-electron chi connectivity index (χ3n) is 6.14. The maximum atomic E-state index is 12.0. The minimum atomic E-state index is -1.03. The zero-order chi connectivity index (χ0) is 27.2. The number of nitroso groups, excluding NO2 is 1. The molecule has 3 amide bonds. The van der Waals surface area contributed by atoms with E-state index in [1.54, 1.807) is 0 Å². The molecule has 3 aromatic carbocycles. The van der Waals surface area contributed by atoms with E-state index < -0.39 is 18.0 Å². The van der Waals surface area contributed by atoms with E-state index in [4.69, 9.17) is 4.74 Å². The Bertz CT molecular complexity index is 1180. The van der Waals surface area contributed by atoms with Crippen LogP contribution in [0.4, 0.5) is 4.79 Å². The standard InChI is InChI=1S/C21H22N2O4.C9H11NO/c24-20(23-26)19(22-21(25)27-18-8-4-5-9-18)14-15-10-12-17(13-11-15)16-6-2-1-3-7-16;1-8(11)10-7-9-5-3-2-4-6-9/h1-3,6-7,10-13,18-19H,4-5,8-9,14H2,(H,22,25);2-6H,7H2,1H3,(H,10,11). The van der Waals surface area contributed by atoms with Crippen LogP contribution in [0.5, 0.6) is 0 Å². The average Bonchev–Trinajstić information content (AvgIpc) is 3.46. The molecule has 0 saturated heterocycles. The zero-order valence-corrected chi connectivity index (χ0v) is 21.5. The van der Waals surface area contributed by atoms with Gasteiger partial charge in [0.25, 0.3) is 0 Å². The topological polar surface area (TPSA) is 114 Å². The molecule has 4 rings (SSSR count). The number of amides is 3. The number of carbonyl (C=O) groups is 3. The van der Waals surface area contributed by atoms with Crippen molar-refractivity contribution < 1.29 is 19.1 Å². The van der Waals surface area contributed by atoms with Crippen LogP contribution in [0.3, 0.4) is 0 Å². The third kappa shape index (κ3) is 9.61. The Kier molecular flexibility index (Phi) is 11.2. The first-order valence-electron chi connectivity index (χ1n) is 12.7. The molecule has 2 N–H and O–H groups in total. The Morgan fingerprint density at radius 1 is 0.842 bits per heavy atom. The van der Waals surface area contributed by atoms with Gasteiger partial charge in [0, 0.05) is 25.1 Å². The Hall–Kier alpha value is -4.33. The van der Waals surface area contributed by atoms with Crippen LogP contribution in [0, 0.1) is 4.91 Å². The molecule has 1 aliphatic carbocycles. The second-order valence-corrected chi connectivity index (χ2v) is 9.10. The van der Waals surface area contributed by atoms with Gasteiger partial charge in [-0.1, -0.05) is 84.9 Å². The van der Waals surface area contributed by atoms with Crippen LogP contribution in [-0.4, -0.2) is 30.1 Å². The number of hydrogen-bond acceptors (Lipinski definition) is 5. The molecule has 8 heteroatoms. The van der Waals surface area contributed by atoms with E-state index in [1.807, 2.05) is 84.9 Å². The van der Waals surface area contributed by atoms with Crippen LogP contribution >= 0.6 is 0 Å². The first-order chi connectivity index (χ1) is 18.4. The third-order valence-corrected chi connectivity index (χ3v) is 6.14. The van der Waals surface area contributed by atoms with E-state index in [0.717, 1.165) is 47.9 Å². The number of nitrogens with zero attached hydrogens (tertiary/aromatic N) is 1. The lowest BCUT2D eigenvalue weighted by Crippen LogP contribution is -2.42. The summed E-state index contributed by atoms with van der Waals surface area (Å²) in [5.41, 5.74) is 4.08. The van der Waals surface area contributed by atoms with Gasteiger partial charge in [-0.25, -0.2) is 4.79 Å². The molecule has 0 radical (unpaired) electrons. The molecule has 1 atom stereocenters. The Balaban J connectivity index is 0.000000304. The van der Waals surface area contributed by atoms with Crippen LogP contribution in [0.2, 0.25) is 0 Å². The summed E-state index contributed by atoms with van der Waals surface area (Å²) >= 11 is 0. The van der Waals surface area contributed by atoms with Crippen LogP contribution in [0.15, 0.2) is 90.1 Å². The molecule has 0 aliphatic heterocycles. The van der Waals surface area contributed by atoms with E-state index in [-0.39, 0.29) is 18.4 Å². The summed E-state index contributed by atoms with van der Waals surface area (Å²) in [6.07, 6.45) is 3.12. The van der Waals surface area contributed by atoms with E-state index >= 15 is 0 Å². The molecular weight excluding hydrogens is 482 g/mol. The van der Waals surface area contributed by atoms with Crippen LogP contribution in [-0.2, 0) is 27.3 Å². The van der Waals surface area contributed by atoms with Gasteiger partial charge in [-0.15, -0.1) is 4.91 Å². The van der Waals surface area contributed by atoms with E-state index in [2.05, 4.69) is 15.8 Å². The highest BCUT2D eigenvalue weighted by molar-refractivity contribution is 5.86. The van der Waals surface area contributed by atoms with Crippen molar-refractivity contribution >= 4 is 17.9 Å². The Morgan fingerprint density at radius 2 is 1.42 bits per heavy atom. The minimum Gasteiger partial charge on any atom is -0.446 e. The lowest BCUT2D eigenvalue weighted by Gasteiger charge is -2.17. The smallest absolute Gasteiger partial charge is 0.408 e.